The number of fused-ring (bicyclic) bond motifs is 2. The van der Waals surface area contributed by atoms with Crippen LogP contribution < -0.4 is 15.5 Å². The average molecular weight is 1070 g/mol. The molecule has 2 heterocycles. The predicted molar refractivity (Wildman–Crippen MR) is 338 cm³/mol. The first-order valence-electron chi connectivity index (χ1n) is 32.9. The molecule has 3 aliphatic rings. The van der Waals surface area contributed by atoms with Crippen LogP contribution in [-0.4, -0.2) is 48.3 Å². The highest BCUT2D eigenvalue weighted by molar-refractivity contribution is 6.06. The van der Waals surface area contributed by atoms with Crippen LogP contribution in [0.2, 0.25) is 0 Å². The van der Waals surface area contributed by atoms with E-state index in [0.717, 1.165) is 49.9 Å². The molecule has 434 valence electrons. The van der Waals surface area contributed by atoms with Crippen molar-refractivity contribution in [2.24, 2.45) is 5.41 Å². The number of hydrogen-bond donors (Lipinski definition) is 2. The van der Waals surface area contributed by atoms with Gasteiger partial charge in [0.05, 0.1) is 5.41 Å². The topological polar surface area (TPSA) is 64.5 Å². The molecule has 2 aromatic rings. The van der Waals surface area contributed by atoms with Crippen molar-refractivity contribution < 1.29 is 14.2 Å². The van der Waals surface area contributed by atoms with Crippen LogP contribution in [0.15, 0.2) is 95.8 Å². The van der Waals surface area contributed by atoms with Gasteiger partial charge in [-0.05, 0) is 82.2 Å². The Morgan fingerprint density at radius 1 is 0.500 bits per heavy atom. The molecule has 6 heteroatoms. The van der Waals surface area contributed by atoms with Crippen molar-refractivity contribution in [2.45, 2.75) is 285 Å². The second kappa shape index (κ2) is 35.5. The minimum atomic E-state index is -1.27. The molecule has 0 saturated heterocycles. The predicted octanol–water partition coefficient (Wildman–Crippen LogP) is 19.7. The summed E-state index contributed by atoms with van der Waals surface area (Å²) in [6, 6.07) is 17.5. The molecule has 0 saturated carbocycles. The smallest absolute Gasteiger partial charge is 0.236 e. The van der Waals surface area contributed by atoms with Crippen LogP contribution in [0.25, 0.3) is 0 Å². The second-order valence-electron chi connectivity index (χ2n) is 25.1. The summed E-state index contributed by atoms with van der Waals surface area (Å²) >= 11 is 0. The van der Waals surface area contributed by atoms with Gasteiger partial charge < -0.3 is 15.5 Å². The maximum atomic E-state index is 15.1. The maximum absolute atomic E-state index is 15.1. The highest BCUT2D eigenvalue weighted by Crippen LogP contribution is 2.48. The summed E-state index contributed by atoms with van der Waals surface area (Å²) in [4.78, 5) is 32.7. The van der Waals surface area contributed by atoms with Gasteiger partial charge in [0.15, 0.2) is 5.71 Å². The van der Waals surface area contributed by atoms with Crippen molar-refractivity contribution in [3.63, 3.8) is 0 Å². The number of benzene rings is 2. The number of unbranched alkanes of at least 4 members (excludes halogenated alkanes) is 30. The molecule has 5 rings (SSSR count). The van der Waals surface area contributed by atoms with Crippen LogP contribution in [0.5, 0.6) is 0 Å². The Labute approximate surface area is 479 Å². The van der Waals surface area contributed by atoms with E-state index in [2.05, 4.69) is 154 Å². The molecule has 78 heavy (non-hydrogen) atoms. The van der Waals surface area contributed by atoms with E-state index < -0.39 is 5.41 Å². The van der Waals surface area contributed by atoms with Crippen molar-refractivity contribution in [2.75, 3.05) is 31.1 Å². The number of nitrogens with zero attached hydrogens (tertiary/aromatic N) is 2. The molecule has 2 amide bonds. The van der Waals surface area contributed by atoms with E-state index in [-0.39, 0.29) is 22.6 Å². The van der Waals surface area contributed by atoms with Gasteiger partial charge >= 0.3 is 0 Å². The van der Waals surface area contributed by atoms with E-state index in [1.54, 1.807) is 0 Å². The minimum absolute atomic E-state index is 0.134. The van der Waals surface area contributed by atoms with Gasteiger partial charge in [-0.2, -0.15) is 4.58 Å². The van der Waals surface area contributed by atoms with Crippen LogP contribution in [0.3, 0.4) is 0 Å². The van der Waals surface area contributed by atoms with Crippen LogP contribution in [-0.2, 0) is 20.4 Å². The van der Waals surface area contributed by atoms with Crippen LogP contribution in [0.1, 0.15) is 285 Å². The van der Waals surface area contributed by atoms with Gasteiger partial charge in [-0.15, -0.1) is 0 Å². The lowest BCUT2D eigenvalue weighted by Gasteiger charge is -2.35. The molecular weight excluding hydrogens is 953 g/mol. The Morgan fingerprint density at radius 2 is 0.923 bits per heavy atom. The number of nitrogens with one attached hydrogen (secondary N) is 2. The zero-order valence-electron chi connectivity index (χ0n) is 51.6. The third-order valence-corrected chi connectivity index (χ3v) is 18.0. The maximum Gasteiger partial charge on any atom is 0.236 e. The Hall–Kier alpha value is -4.19. The molecule has 1 aliphatic carbocycles. The molecule has 2 aliphatic heterocycles. The summed E-state index contributed by atoms with van der Waals surface area (Å²) in [5, 5.41) is 6.77. The van der Waals surface area contributed by atoms with E-state index in [9.17, 15) is 0 Å². The summed E-state index contributed by atoms with van der Waals surface area (Å²) in [5.41, 5.74) is 8.00. The zero-order valence-corrected chi connectivity index (χ0v) is 51.6. The Balaban J connectivity index is 1.26. The molecule has 0 aromatic heterocycles. The average Bonchev–Trinajstić information content (AvgIpc) is 4.05. The van der Waals surface area contributed by atoms with Crippen LogP contribution in [0, 0.1) is 5.41 Å². The van der Waals surface area contributed by atoms with E-state index in [1.807, 2.05) is 0 Å². The fourth-order valence-corrected chi connectivity index (χ4v) is 13.2. The zero-order chi connectivity index (χ0) is 55.9. The van der Waals surface area contributed by atoms with Gasteiger partial charge in [0.25, 0.3) is 0 Å². The molecule has 0 bridgehead atoms. The summed E-state index contributed by atoms with van der Waals surface area (Å²) in [5.74, 6) is -0.267. The lowest BCUT2D eigenvalue weighted by molar-refractivity contribution is -0.433. The SMILES string of the molecule is CCCCCCCCCCCCCCCCCCNC(=O)C1(C(=O)NCCCCCCCCCCCCCCCCCC)CC(/C=C/C2=[N+](CC)c3ccccc3C2(C)C)=CC(=C/C=C2/N(CC)c3ccccc3C2(C)C)/C1. The quantitative estimate of drug-likeness (QED) is 0.0396. The van der Waals surface area contributed by atoms with E-state index in [0.29, 0.717) is 25.9 Å². The van der Waals surface area contributed by atoms with Crippen molar-refractivity contribution in [3.8, 4) is 0 Å². The molecule has 2 aromatic carbocycles. The van der Waals surface area contributed by atoms with Crippen molar-refractivity contribution in [1.29, 1.82) is 0 Å². The second-order valence-corrected chi connectivity index (χ2v) is 25.1. The lowest BCUT2D eigenvalue weighted by atomic mass is 9.70. The monoisotopic (exact) mass is 1070 g/mol. The number of amides is 2. The number of anilines is 1. The Morgan fingerprint density at radius 3 is 1.37 bits per heavy atom. The van der Waals surface area contributed by atoms with Crippen molar-refractivity contribution in [3.05, 3.63) is 107 Å². The third kappa shape index (κ3) is 19.5. The lowest BCUT2D eigenvalue weighted by Crippen LogP contribution is -2.53. The van der Waals surface area contributed by atoms with Gasteiger partial charge in [0.2, 0.25) is 17.5 Å². The fraction of sp³-hybridized carbons (Fsp3) is 0.681. The number of rotatable bonds is 41. The Kier molecular flexibility index (Phi) is 29.4. The van der Waals surface area contributed by atoms with E-state index in [1.165, 1.54) is 214 Å². The molecule has 6 nitrogen and oxygen atoms in total. The molecule has 0 radical (unpaired) electrons. The van der Waals surface area contributed by atoms with Gasteiger partial charge in [-0.1, -0.05) is 275 Å². The molecule has 0 unspecified atom stereocenters. The van der Waals surface area contributed by atoms with Crippen LogP contribution >= 0.6 is 0 Å². The first-order chi connectivity index (χ1) is 38.0. The van der Waals surface area contributed by atoms with E-state index in [4.69, 9.17) is 0 Å². The number of hydrogen-bond acceptors (Lipinski definition) is 3. The number of carbonyl (C=O) groups excluding carboxylic acids is 2. The first-order valence-corrected chi connectivity index (χ1v) is 32.9. The molecule has 0 atom stereocenters. The number of allylic oxidation sites excluding steroid dienone is 8. The number of para-hydroxylation sites is 2. The highest BCUT2D eigenvalue weighted by atomic mass is 16.2. The largest absolute Gasteiger partial charge is 0.355 e. The molecular formula is C72H115N4O2+. The molecule has 2 N–H and O–H groups in total. The standard InChI is InChI=1S/C72H114N4O2/c1-9-13-15-17-19-21-23-25-27-29-31-33-35-37-39-45-55-73-68(77)72(69(78)74-56-46-40-38-36-34-32-30-28-26-24-22-20-18-16-14-10-2)58-60(51-53-66-70(5,6)62-47-41-43-49-64(62)75(66)11-3)57-61(59-72)52-54-67-71(7,8)63-48-42-44-50-65(63)76(67)12-4/h41-44,47-54,57H,9-40,45-46,55-56,58-59H2,1-8H3,(H-,73,74,77,78)/p+1. The van der Waals surface area contributed by atoms with Crippen molar-refractivity contribution in [1.82, 2.24) is 10.6 Å². The fourth-order valence-electron chi connectivity index (χ4n) is 13.2. The van der Waals surface area contributed by atoms with Crippen LogP contribution in [0.4, 0.5) is 11.4 Å². The van der Waals surface area contributed by atoms with Gasteiger partial charge in [0.1, 0.15) is 12.0 Å². The first kappa shape index (κ1) is 64.6. The van der Waals surface area contributed by atoms with Gasteiger partial charge in [-0.25, -0.2) is 0 Å². The van der Waals surface area contributed by atoms with Gasteiger partial charge in [-0.3, -0.25) is 9.59 Å². The summed E-state index contributed by atoms with van der Waals surface area (Å²) < 4.78 is 2.43. The number of likely N-dealkylation sites (N-methyl/N-ethyl adjacent to an activating group) is 1. The summed E-state index contributed by atoms with van der Waals surface area (Å²) in [6.45, 7) is 21.2. The normalized spacial score (nSPS) is 17.3. The minimum Gasteiger partial charge on any atom is -0.355 e. The van der Waals surface area contributed by atoms with Crippen molar-refractivity contribution >= 4 is 28.9 Å². The Bertz CT molecular complexity index is 2190. The third-order valence-electron chi connectivity index (χ3n) is 18.0. The summed E-state index contributed by atoms with van der Waals surface area (Å²) in [6.07, 6.45) is 54.1. The molecule has 0 fully saturated rings. The highest BCUT2D eigenvalue weighted by Gasteiger charge is 2.49. The number of carbonyl (C=O) groups is 2. The molecule has 0 spiro atoms. The van der Waals surface area contributed by atoms with E-state index >= 15 is 9.59 Å². The van der Waals surface area contributed by atoms with Gasteiger partial charge in [0, 0.05) is 54.1 Å². The summed E-state index contributed by atoms with van der Waals surface area (Å²) in [7, 11) is 0.